The highest BCUT2D eigenvalue weighted by molar-refractivity contribution is 5.78. The highest BCUT2D eigenvalue weighted by Crippen LogP contribution is 2.20. The fourth-order valence-electron chi connectivity index (χ4n) is 1.55. The summed E-state index contributed by atoms with van der Waals surface area (Å²) < 4.78 is 5.16. The van der Waals surface area contributed by atoms with Crippen LogP contribution in [0.1, 0.15) is 31.7 Å². The molecule has 0 amide bonds. The van der Waals surface area contributed by atoms with Crippen LogP contribution in [0.2, 0.25) is 0 Å². The van der Waals surface area contributed by atoms with E-state index in [1.54, 1.807) is 0 Å². The van der Waals surface area contributed by atoms with Gasteiger partial charge < -0.3 is 4.74 Å². The molecule has 0 aliphatic heterocycles. The largest absolute Gasteiger partial charge is 0.461 e. The molecule has 1 aromatic rings. The molecule has 2 heteroatoms. The van der Waals surface area contributed by atoms with Crippen molar-refractivity contribution in [3.05, 3.63) is 48.0 Å². The number of benzene rings is 1. The van der Waals surface area contributed by atoms with E-state index in [1.165, 1.54) is 0 Å². The fraction of sp³-hybridized carbons (Fsp3) is 0.357. The molecule has 0 radical (unpaired) electrons. The van der Waals surface area contributed by atoms with E-state index in [9.17, 15) is 4.79 Å². The van der Waals surface area contributed by atoms with Crippen LogP contribution in [0.25, 0.3) is 0 Å². The predicted octanol–water partition coefficient (Wildman–Crippen LogP) is 3.30. The Balaban J connectivity index is 2.64. The topological polar surface area (TPSA) is 26.3 Å². The van der Waals surface area contributed by atoms with Crippen LogP contribution in [-0.4, -0.2) is 12.6 Å². The summed E-state index contributed by atoms with van der Waals surface area (Å²) in [6.45, 7) is 4.26. The quantitative estimate of drug-likeness (QED) is 0.560. The summed E-state index contributed by atoms with van der Waals surface area (Å²) in [5.41, 5.74) is 1.02. The molecule has 1 aromatic carbocycles. The molecule has 0 saturated heterocycles. The van der Waals surface area contributed by atoms with Crippen LogP contribution in [-0.2, 0) is 9.53 Å². The zero-order valence-electron chi connectivity index (χ0n) is 9.85. The van der Waals surface area contributed by atoms with Crippen molar-refractivity contribution >= 4 is 5.97 Å². The van der Waals surface area contributed by atoms with E-state index in [-0.39, 0.29) is 11.9 Å². The van der Waals surface area contributed by atoms with E-state index in [1.807, 2.05) is 56.3 Å². The van der Waals surface area contributed by atoms with Crippen LogP contribution in [0.3, 0.4) is 0 Å². The van der Waals surface area contributed by atoms with E-state index >= 15 is 0 Å². The van der Waals surface area contributed by atoms with E-state index in [4.69, 9.17) is 4.74 Å². The van der Waals surface area contributed by atoms with Gasteiger partial charge in [0.15, 0.2) is 0 Å². The second-order valence-corrected chi connectivity index (χ2v) is 3.57. The maximum atomic E-state index is 11.8. The lowest BCUT2D eigenvalue weighted by Gasteiger charge is -2.13. The van der Waals surface area contributed by atoms with Gasteiger partial charge in [0, 0.05) is 0 Å². The van der Waals surface area contributed by atoms with Crippen molar-refractivity contribution in [1.82, 2.24) is 0 Å². The maximum absolute atomic E-state index is 11.8. The average molecular weight is 218 g/mol. The molecular formula is C14H18O2. The Morgan fingerprint density at radius 2 is 2.06 bits per heavy atom. The van der Waals surface area contributed by atoms with Crippen molar-refractivity contribution in [3.8, 4) is 0 Å². The standard InChI is InChI=1S/C14H18O2/c1-3-5-11-16-14(15)13(4-2)12-9-7-6-8-10-12/h3,5-10,13H,4,11H2,1-2H3/b5-3+. The van der Waals surface area contributed by atoms with E-state index in [2.05, 4.69) is 0 Å². The van der Waals surface area contributed by atoms with Gasteiger partial charge in [-0.15, -0.1) is 0 Å². The maximum Gasteiger partial charge on any atom is 0.313 e. The Morgan fingerprint density at radius 3 is 2.62 bits per heavy atom. The van der Waals surface area contributed by atoms with Crippen LogP contribution in [0.15, 0.2) is 42.5 Å². The summed E-state index contributed by atoms with van der Waals surface area (Å²) in [7, 11) is 0. The van der Waals surface area contributed by atoms with Gasteiger partial charge in [-0.05, 0) is 18.9 Å². The molecule has 0 bridgehead atoms. The average Bonchev–Trinajstić information content (AvgIpc) is 2.32. The third-order valence-corrected chi connectivity index (χ3v) is 2.45. The summed E-state index contributed by atoms with van der Waals surface area (Å²) in [6, 6.07) is 9.76. The van der Waals surface area contributed by atoms with Crippen molar-refractivity contribution in [2.45, 2.75) is 26.2 Å². The van der Waals surface area contributed by atoms with Gasteiger partial charge in [0.1, 0.15) is 6.61 Å². The third kappa shape index (κ3) is 3.54. The SMILES string of the molecule is C/C=C/COC(=O)C(CC)c1ccccc1. The van der Waals surface area contributed by atoms with Crippen LogP contribution >= 0.6 is 0 Å². The number of carbonyl (C=O) groups is 1. The van der Waals surface area contributed by atoms with Gasteiger partial charge in [-0.1, -0.05) is 49.4 Å². The first-order chi connectivity index (χ1) is 7.79. The van der Waals surface area contributed by atoms with Gasteiger partial charge in [-0.25, -0.2) is 0 Å². The summed E-state index contributed by atoms with van der Waals surface area (Å²) in [5, 5.41) is 0. The molecule has 1 rings (SSSR count). The zero-order valence-corrected chi connectivity index (χ0v) is 9.85. The number of esters is 1. The molecule has 0 saturated carbocycles. The Labute approximate surface area is 96.9 Å². The Hall–Kier alpha value is -1.57. The monoisotopic (exact) mass is 218 g/mol. The molecular weight excluding hydrogens is 200 g/mol. The van der Waals surface area contributed by atoms with Crippen molar-refractivity contribution in [2.75, 3.05) is 6.61 Å². The summed E-state index contributed by atoms with van der Waals surface area (Å²) >= 11 is 0. The molecule has 0 heterocycles. The molecule has 1 unspecified atom stereocenters. The first-order valence-corrected chi connectivity index (χ1v) is 5.62. The lowest BCUT2D eigenvalue weighted by atomic mass is 9.97. The minimum Gasteiger partial charge on any atom is -0.461 e. The molecule has 0 aliphatic carbocycles. The second kappa shape index (κ2) is 6.83. The predicted molar refractivity (Wildman–Crippen MR) is 65.2 cm³/mol. The molecule has 86 valence electrons. The van der Waals surface area contributed by atoms with Gasteiger partial charge in [0.25, 0.3) is 0 Å². The smallest absolute Gasteiger partial charge is 0.313 e. The molecule has 0 N–H and O–H groups in total. The van der Waals surface area contributed by atoms with Crippen molar-refractivity contribution in [2.24, 2.45) is 0 Å². The number of ether oxygens (including phenoxy) is 1. The van der Waals surface area contributed by atoms with Crippen LogP contribution in [0.5, 0.6) is 0 Å². The van der Waals surface area contributed by atoms with Gasteiger partial charge in [-0.2, -0.15) is 0 Å². The van der Waals surface area contributed by atoms with E-state index in [0.717, 1.165) is 12.0 Å². The number of allylic oxidation sites excluding steroid dienone is 1. The molecule has 2 nitrogen and oxygen atoms in total. The highest BCUT2D eigenvalue weighted by atomic mass is 16.5. The van der Waals surface area contributed by atoms with Gasteiger partial charge in [0.2, 0.25) is 0 Å². The molecule has 0 aliphatic rings. The van der Waals surface area contributed by atoms with Crippen molar-refractivity contribution < 1.29 is 9.53 Å². The lowest BCUT2D eigenvalue weighted by Crippen LogP contribution is -2.15. The Morgan fingerprint density at radius 1 is 1.38 bits per heavy atom. The molecule has 1 atom stereocenters. The van der Waals surface area contributed by atoms with E-state index < -0.39 is 0 Å². The second-order valence-electron chi connectivity index (χ2n) is 3.57. The van der Waals surface area contributed by atoms with Gasteiger partial charge in [0.05, 0.1) is 5.92 Å². The minimum atomic E-state index is -0.147. The van der Waals surface area contributed by atoms with Crippen molar-refractivity contribution in [3.63, 3.8) is 0 Å². The number of rotatable bonds is 5. The summed E-state index contributed by atoms with van der Waals surface area (Å²) in [6.07, 6.45) is 4.46. The first kappa shape index (κ1) is 12.5. The number of carbonyl (C=O) groups excluding carboxylic acids is 1. The number of hydrogen-bond acceptors (Lipinski definition) is 2. The normalized spacial score (nSPS) is 12.6. The fourth-order valence-corrected chi connectivity index (χ4v) is 1.55. The zero-order chi connectivity index (χ0) is 11.8. The van der Waals surface area contributed by atoms with Crippen LogP contribution in [0, 0.1) is 0 Å². The molecule has 0 aromatic heterocycles. The van der Waals surface area contributed by atoms with Crippen LogP contribution < -0.4 is 0 Å². The number of hydrogen-bond donors (Lipinski definition) is 0. The summed E-state index contributed by atoms with van der Waals surface area (Å²) in [5.74, 6) is -0.293. The lowest BCUT2D eigenvalue weighted by molar-refractivity contribution is -0.144. The Kier molecular flexibility index (Phi) is 5.34. The van der Waals surface area contributed by atoms with E-state index in [0.29, 0.717) is 6.61 Å². The highest BCUT2D eigenvalue weighted by Gasteiger charge is 2.19. The third-order valence-electron chi connectivity index (χ3n) is 2.45. The van der Waals surface area contributed by atoms with Crippen molar-refractivity contribution in [1.29, 1.82) is 0 Å². The van der Waals surface area contributed by atoms with Gasteiger partial charge in [-0.3, -0.25) is 4.79 Å². The van der Waals surface area contributed by atoms with Crippen LogP contribution in [0.4, 0.5) is 0 Å². The molecule has 16 heavy (non-hydrogen) atoms. The summed E-state index contributed by atoms with van der Waals surface area (Å²) in [4.78, 5) is 11.8. The Bertz CT molecular complexity index is 341. The first-order valence-electron chi connectivity index (χ1n) is 5.62. The molecule has 0 fully saturated rings. The minimum absolute atomic E-state index is 0.146. The van der Waals surface area contributed by atoms with Gasteiger partial charge >= 0.3 is 5.97 Å². The molecule has 0 spiro atoms.